The number of nitrogens with zero attached hydrogens (tertiary/aromatic N) is 1. The van der Waals surface area contributed by atoms with Crippen LogP contribution in [0, 0.1) is 0 Å². The Hall–Kier alpha value is -3.63. The standard InChI is InChI=1S/C29H28N2O2/c1-21(25-15-9-13-23-12-5-6-14-26(23)25)30-19-24-20-31(27-16-7-8-17-28(27)33-24)29(32)18-22-10-3-2-4-11-22/h2-17,21,24,30H,18-20H2,1H3/t21-,24?/m1/s1. The normalized spacial score (nSPS) is 16.2. The Kier molecular flexibility index (Phi) is 6.09. The lowest BCUT2D eigenvalue weighted by Gasteiger charge is -2.35. The summed E-state index contributed by atoms with van der Waals surface area (Å²) in [7, 11) is 0. The molecular weight excluding hydrogens is 408 g/mol. The average molecular weight is 437 g/mol. The summed E-state index contributed by atoms with van der Waals surface area (Å²) < 4.78 is 6.28. The van der Waals surface area contributed by atoms with Crippen molar-refractivity contribution in [2.45, 2.75) is 25.5 Å². The van der Waals surface area contributed by atoms with Crippen molar-refractivity contribution in [2.24, 2.45) is 0 Å². The third kappa shape index (κ3) is 4.62. The number of nitrogens with one attached hydrogen (secondary N) is 1. The van der Waals surface area contributed by atoms with Gasteiger partial charge < -0.3 is 15.0 Å². The monoisotopic (exact) mass is 436 g/mol. The van der Waals surface area contributed by atoms with E-state index < -0.39 is 0 Å². The summed E-state index contributed by atoms with van der Waals surface area (Å²) in [5.74, 6) is 0.846. The van der Waals surface area contributed by atoms with Crippen molar-refractivity contribution in [2.75, 3.05) is 18.0 Å². The molecular formula is C29H28N2O2. The summed E-state index contributed by atoms with van der Waals surface area (Å²) in [6, 6.07) is 32.7. The highest BCUT2D eigenvalue weighted by molar-refractivity contribution is 5.96. The van der Waals surface area contributed by atoms with Crippen molar-refractivity contribution in [1.29, 1.82) is 0 Å². The highest BCUT2D eigenvalue weighted by atomic mass is 16.5. The zero-order valence-corrected chi connectivity index (χ0v) is 18.8. The summed E-state index contributed by atoms with van der Waals surface area (Å²) >= 11 is 0. The van der Waals surface area contributed by atoms with E-state index in [1.54, 1.807) is 0 Å². The molecule has 2 atom stereocenters. The average Bonchev–Trinajstić information content (AvgIpc) is 2.87. The van der Waals surface area contributed by atoms with Gasteiger partial charge in [-0.05, 0) is 41.0 Å². The van der Waals surface area contributed by atoms with Gasteiger partial charge in [0.2, 0.25) is 5.91 Å². The molecule has 1 amide bonds. The van der Waals surface area contributed by atoms with Crippen LogP contribution in [0.4, 0.5) is 5.69 Å². The van der Waals surface area contributed by atoms with Crippen LogP contribution < -0.4 is 15.0 Å². The van der Waals surface area contributed by atoms with E-state index in [1.807, 2.05) is 59.5 Å². The largest absolute Gasteiger partial charge is 0.485 e. The van der Waals surface area contributed by atoms with E-state index >= 15 is 0 Å². The maximum Gasteiger partial charge on any atom is 0.231 e. The molecule has 0 fully saturated rings. The Morgan fingerprint density at radius 2 is 1.67 bits per heavy atom. The minimum atomic E-state index is -0.128. The molecule has 1 unspecified atom stereocenters. The van der Waals surface area contributed by atoms with Crippen molar-refractivity contribution in [1.82, 2.24) is 5.32 Å². The highest BCUT2D eigenvalue weighted by Gasteiger charge is 2.29. The van der Waals surface area contributed by atoms with Crippen LogP contribution in [0.2, 0.25) is 0 Å². The quantitative estimate of drug-likeness (QED) is 0.432. The summed E-state index contributed by atoms with van der Waals surface area (Å²) in [5.41, 5.74) is 3.13. The van der Waals surface area contributed by atoms with Crippen molar-refractivity contribution in [3.63, 3.8) is 0 Å². The zero-order valence-electron chi connectivity index (χ0n) is 18.8. The molecule has 4 aromatic carbocycles. The van der Waals surface area contributed by atoms with Gasteiger partial charge in [-0.15, -0.1) is 0 Å². The van der Waals surface area contributed by atoms with Gasteiger partial charge in [-0.1, -0.05) is 84.9 Å². The van der Waals surface area contributed by atoms with Gasteiger partial charge in [-0.2, -0.15) is 0 Å². The fourth-order valence-electron chi connectivity index (χ4n) is 4.55. The maximum atomic E-state index is 13.2. The first kappa shape index (κ1) is 21.2. The fraction of sp³-hybridized carbons (Fsp3) is 0.207. The van der Waals surface area contributed by atoms with E-state index in [2.05, 4.69) is 54.7 Å². The summed E-state index contributed by atoms with van der Waals surface area (Å²) in [4.78, 5) is 15.1. The Labute approximate surface area is 194 Å². The molecule has 0 saturated heterocycles. The second kappa shape index (κ2) is 9.47. The molecule has 0 bridgehead atoms. The van der Waals surface area contributed by atoms with Crippen LogP contribution >= 0.6 is 0 Å². The number of ether oxygens (including phenoxy) is 1. The van der Waals surface area contributed by atoms with Gasteiger partial charge in [-0.3, -0.25) is 4.79 Å². The van der Waals surface area contributed by atoms with Crippen LogP contribution in [0.1, 0.15) is 24.1 Å². The first-order valence-electron chi connectivity index (χ1n) is 11.5. The van der Waals surface area contributed by atoms with Gasteiger partial charge in [0, 0.05) is 12.6 Å². The van der Waals surface area contributed by atoms with Gasteiger partial charge in [0.1, 0.15) is 11.9 Å². The van der Waals surface area contributed by atoms with Crippen molar-refractivity contribution < 1.29 is 9.53 Å². The molecule has 0 radical (unpaired) electrons. The molecule has 0 aliphatic carbocycles. The number of hydrogen-bond donors (Lipinski definition) is 1. The molecule has 1 heterocycles. The number of para-hydroxylation sites is 2. The highest BCUT2D eigenvalue weighted by Crippen LogP contribution is 2.33. The van der Waals surface area contributed by atoms with Gasteiger partial charge in [-0.25, -0.2) is 0 Å². The molecule has 33 heavy (non-hydrogen) atoms. The van der Waals surface area contributed by atoms with Gasteiger partial charge in [0.15, 0.2) is 0 Å². The Balaban J connectivity index is 1.31. The van der Waals surface area contributed by atoms with Crippen LogP contribution in [0.5, 0.6) is 5.75 Å². The van der Waals surface area contributed by atoms with Crippen molar-refractivity contribution in [3.8, 4) is 5.75 Å². The summed E-state index contributed by atoms with van der Waals surface area (Å²) in [6.45, 7) is 3.35. The molecule has 4 nitrogen and oxygen atoms in total. The Bertz CT molecular complexity index is 1250. The van der Waals surface area contributed by atoms with Crippen molar-refractivity contribution in [3.05, 3.63) is 108 Å². The lowest BCUT2D eigenvalue weighted by atomic mass is 9.99. The molecule has 1 N–H and O–H groups in total. The number of carbonyl (C=O) groups excluding carboxylic acids is 1. The first-order valence-corrected chi connectivity index (χ1v) is 11.5. The summed E-state index contributed by atoms with van der Waals surface area (Å²) in [5, 5.41) is 6.14. The van der Waals surface area contributed by atoms with Crippen LogP contribution in [-0.4, -0.2) is 25.1 Å². The maximum absolute atomic E-state index is 13.2. The topological polar surface area (TPSA) is 41.6 Å². The first-order chi connectivity index (χ1) is 16.2. The molecule has 4 aromatic rings. The molecule has 0 spiro atoms. The van der Waals surface area contributed by atoms with E-state index in [9.17, 15) is 4.79 Å². The predicted molar refractivity (Wildman–Crippen MR) is 134 cm³/mol. The molecule has 4 heteroatoms. The number of hydrogen-bond acceptors (Lipinski definition) is 3. The van der Waals surface area contributed by atoms with E-state index in [0.717, 1.165) is 17.0 Å². The van der Waals surface area contributed by atoms with E-state index in [-0.39, 0.29) is 18.1 Å². The summed E-state index contributed by atoms with van der Waals surface area (Å²) in [6.07, 6.45) is 0.249. The number of fused-ring (bicyclic) bond motifs is 2. The van der Waals surface area contributed by atoms with Crippen LogP contribution in [0.15, 0.2) is 97.1 Å². The number of benzene rings is 4. The second-order valence-corrected chi connectivity index (χ2v) is 8.57. The molecule has 1 aliphatic rings. The van der Waals surface area contributed by atoms with Crippen LogP contribution in [0.25, 0.3) is 10.8 Å². The Morgan fingerprint density at radius 3 is 2.55 bits per heavy atom. The molecule has 5 rings (SSSR count). The predicted octanol–water partition coefficient (Wildman–Crippen LogP) is 5.53. The van der Waals surface area contributed by atoms with E-state index in [1.165, 1.54) is 16.3 Å². The lowest BCUT2D eigenvalue weighted by Crippen LogP contribution is -2.48. The van der Waals surface area contributed by atoms with Crippen LogP contribution in [0.3, 0.4) is 0 Å². The zero-order chi connectivity index (χ0) is 22.6. The Morgan fingerprint density at radius 1 is 0.939 bits per heavy atom. The van der Waals surface area contributed by atoms with E-state index in [4.69, 9.17) is 4.74 Å². The molecule has 1 aliphatic heterocycles. The molecule has 0 saturated carbocycles. The van der Waals surface area contributed by atoms with Gasteiger partial charge in [0.25, 0.3) is 0 Å². The molecule has 166 valence electrons. The minimum absolute atomic E-state index is 0.0871. The molecule has 0 aromatic heterocycles. The third-order valence-corrected chi connectivity index (χ3v) is 6.28. The van der Waals surface area contributed by atoms with Gasteiger partial charge in [0.05, 0.1) is 18.7 Å². The number of rotatable bonds is 6. The third-order valence-electron chi connectivity index (χ3n) is 6.28. The smallest absolute Gasteiger partial charge is 0.231 e. The lowest BCUT2D eigenvalue weighted by molar-refractivity contribution is -0.118. The fourth-order valence-corrected chi connectivity index (χ4v) is 4.55. The number of carbonyl (C=O) groups is 1. The number of anilines is 1. The van der Waals surface area contributed by atoms with E-state index in [0.29, 0.717) is 19.5 Å². The van der Waals surface area contributed by atoms with Crippen LogP contribution in [-0.2, 0) is 11.2 Å². The van der Waals surface area contributed by atoms with Crippen molar-refractivity contribution >= 4 is 22.4 Å². The number of amides is 1. The SMILES string of the molecule is C[C@@H](NCC1CN(C(=O)Cc2ccccc2)c2ccccc2O1)c1cccc2ccccc12. The second-order valence-electron chi connectivity index (χ2n) is 8.57. The van der Waals surface area contributed by atoms with Gasteiger partial charge >= 0.3 is 0 Å². The minimum Gasteiger partial charge on any atom is -0.485 e.